The molecule has 0 aliphatic heterocycles. The Balaban J connectivity index is 2.14. The van der Waals surface area contributed by atoms with Gasteiger partial charge in [-0.1, -0.05) is 30.3 Å². The molecule has 1 atom stereocenters. The summed E-state index contributed by atoms with van der Waals surface area (Å²) in [6, 6.07) is 15.9. The summed E-state index contributed by atoms with van der Waals surface area (Å²) in [7, 11) is 2.04. The zero-order valence-corrected chi connectivity index (χ0v) is 10.9. The zero-order chi connectivity index (χ0) is 13.4. The fourth-order valence-electron chi connectivity index (χ4n) is 2.55. The molecular formula is C16H17N3. The van der Waals surface area contributed by atoms with Crippen LogP contribution in [0.1, 0.15) is 17.2 Å². The fourth-order valence-corrected chi connectivity index (χ4v) is 2.55. The minimum atomic E-state index is -0.158. The van der Waals surface area contributed by atoms with Crippen LogP contribution in [-0.2, 0) is 7.05 Å². The van der Waals surface area contributed by atoms with Crippen molar-refractivity contribution in [3.63, 3.8) is 0 Å². The highest BCUT2D eigenvalue weighted by Gasteiger charge is 2.15. The molecule has 4 N–H and O–H groups in total. The molecule has 96 valence electrons. The molecule has 0 saturated carbocycles. The molecule has 19 heavy (non-hydrogen) atoms. The molecule has 3 nitrogen and oxygen atoms in total. The van der Waals surface area contributed by atoms with E-state index in [-0.39, 0.29) is 6.04 Å². The predicted octanol–water partition coefficient (Wildman–Crippen LogP) is 2.81. The van der Waals surface area contributed by atoms with Gasteiger partial charge in [0.25, 0.3) is 0 Å². The first-order chi connectivity index (χ1) is 9.16. The summed E-state index contributed by atoms with van der Waals surface area (Å²) in [5.74, 6) is 0. The largest absolute Gasteiger partial charge is 0.399 e. The Labute approximate surface area is 112 Å². The molecule has 2 aromatic carbocycles. The van der Waals surface area contributed by atoms with Crippen molar-refractivity contribution >= 4 is 16.6 Å². The SMILES string of the molecule is Cn1cc(C(N)c2cccc(N)c2)c2ccccc21. The number of fused-ring (bicyclic) bond motifs is 1. The highest BCUT2D eigenvalue weighted by atomic mass is 14.9. The van der Waals surface area contributed by atoms with Crippen molar-refractivity contribution in [1.82, 2.24) is 4.57 Å². The second kappa shape index (κ2) is 4.44. The maximum atomic E-state index is 6.40. The van der Waals surface area contributed by atoms with Gasteiger partial charge < -0.3 is 16.0 Å². The molecule has 0 aliphatic carbocycles. The van der Waals surface area contributed by atoms with Gasteiger partial charge in [0.1, 0.15) is 0 Å². The maximum absolute atomic E-state index is 6.40. The second-order valence-electron chi connectivity index (χ2n) is 4.86. The van der Waals surface area contributed by atoms with E-state index in [0.717, 1.165) is 16.8 Å². The standard InChI is InChI=1S/C16H17N3/c1-19-10-14(13-7-2-3-8-15(13)19)16(18)11-5-4-6-12(17)9-11/h2-10,16H,17-18H2,1H3. The molecule has 0 aliphatic rings. The average molecular weight is 251 g/mol. The third-order valence-corrected chi connectivity index (χ3v) is 3.53. The minimum Gasteiger partial charge on any atom is -0.399 e. The van der Waals surface area contributed by atoms with Crippen LogP contribution in [0.3, 0.4) is 0 Å². The molecule has 0 spiro atoms. The zero-order valence-electron chi connectivity index (χ0n) is 10.9. The summed E-state index contributed by atoms with van der Waals surface area (Å²) in [5.41, 5.74) is 16.3. The highest BCUT2D eigenvalue weighted by molar-refractivity contribution is 5.84. The first-order valence-corrected chi connectivity index (χ1v) is 6.32. The monoisotopic (exact) mass is 251 g/mol. The molecule has 0 fully saturated rings. The smallest absolute Gasteiger partial charge is 0.0573 e. The molecule has 0 amide bonds. The quantitative estimate of drug-likeness (QED) is 0.688. The first kappa shape index (κ1) is 11.8. The van der Waals surface area contributed by atoms with E-state index in [1.165, 1.54) is 10.9 Å². The van der Waals surface area contributed by atoms with Crippen LogP contribution in [-0.4, -0.2) is 4.57 Å². The van der Waals surface area contributed by atoms with E-state index in [0.29, 0.717) is 0 Å². The van der Waals surface area contributed by atoms with E-state index in [1.54, 1.807) is 0 Å². The van der Waals surface area contributed by atoms with E-state index in [2.05, 4.69) is 22.9 Å². The topological polar surface area (TPSA) is 57.0 Å². The van der Waals surface area contributed by atoms with E-state index in [1.807, 2.05) is 43.4 Å². The van der Waals surface area contributed by atoms with E-state index < -0.39 is 0 Å². The van der Waals surface area contributed by atoms with Crippen molar-refractivity contribution < 1.29 is 0 Å². The Bertz CT molecular complexity index is 728. The van der Waals surface area contributed by atoms with Crippen molar-refractivity contribution in [2.75, 3.05) is 5.73 Å². The Kier molecular flexibility index (Phi) is 2.76. The molecule has 0 radical (unpaired) electrons. The van der Waals surface area contributed by atoms with E-state index >= 15 is 0 Å². The van der Waals surface area contributed by atoms with Crippen molar-refractivity contribution in [3.8, 4) is 0 Å². The predicted molar refractivity (Wildman–Crippen MR) is 79.8 cm³/mol. The lowest BCUT2D eigenvalue weighted by Gasteiger charge is -2.12. The highest BCUT2D eigenvalue weighted by Crippen LogP contribution is 2.29. The lowest BCUT2D eigenvalue weighted by Crippen LogP contribution is -2.11. The Morgan fingerprint density at radius 3 is 2.63 bits per heavy atom. The van der Waals surface area contributed by atoms with Gasteiger partial charge in [0, 0.05) is 29.8 Å². The number of hydrogen-bond donors (Lipinski definition) is 2. The van der Waals surface area contributed by atoms with Crippen LogP contribution in [0.25, 0.3) is 10.9 Å². The third kappa shape index (κ3) is 1.98. The van der Waals surface area contributed by atoms with E-state index in [9.17, 15) is 0 Å². The van der Waals surface area contributed by atoms with Crippen LogP contribution in [0.2, 0.25) is 0 Å². The third-order valence-electron chi connectivity index (χ3n) is 3.53. The number of nitrogen functional groups attached to an aromatic ring is 1. The number of aryl methyl sites for hydroxylation is 1. The molecule has 1 unspecified atom stereocenters. The van der Waals surface area contributed by atoms with Crippen LogP contribution < -0.4 is 11.5 Å². The van der Waals surface area contributed by atoms with Gasteiger partial charge in [0.2, 0.25) is 0 Å². The van der Waals surface area contributed by atoms with Crippen LogP contribution in [0.15, 0.2) is 54.7 Å². The van der Waals surface area contributed by atoms with Crippen molar-refractivity contribution in [1.29, 1.82) is 0 Å². The summed E-state index contributed by atoms with van der Waals surface area (Å²) in [4.78, 5) is 0. The van der Waals surface area contributed by atoms with Crippen LogP contribution in [0, 0.1) is 0 Å². The number of aromatic nitrogens is 1. The van der Waals surface area contributed by atoms with Crippen molar-refractivity contribution in [2.24, 2.45) is 12.8 Å². The molecule has 0 bridgehead atoms. The molecule has 3 aromatic rings. The van der Waals surface area contributed by atoms with Gasteiger partial charge in [0.15, 0.2) is 0 Å². The summed E-state index contributed by atoms with van der Waals surface area (Å²) in [6.45, 7) is 0. The van der Waals surface area contributed by atoms with Gasteiger partial charge in [-0.25, -0.2) is 0 Å². The summed E-state index contributed by atoms with van der Waals surface area (Å²) in [6.07, 6.45) is 2.10. The minimum absolute atomic E-state index is 0.158. The molecule has 3 heteroatoms. The normalized spacial score (nSPS) is 12.7. The lowest BCUT2D eigenvalue weighted by molar-refractivity contribution is 0.862. The Morgan fingerprint density at radius 2 is 1.84 bits per heavy atom. The van der Waals surface area contributed by atoms with Gasteiger partial charge in [-0.05, 0) is 29.3 Å². The summed E-state index contributed by atoms with van der Waals surface area (Å²) in [5, 5.41) is 1.19. The number of nitrogens with zero attached hydrogens (tertiary/aromatic N) is 1. The average Bonchev–Trinajstić information content (AvgIpc) is 2.76. The maximum Gasteiger partial charge on any atom is 0.0573 e. The summed E-state index contributed by atoms with van der Waals surface area (Å²) >= 11 is 0. The molecule has 3 rings (SSSR count). The van der Waals surface area contributed by atoms with Crippen LogP contribution in [0.5, 0.6) is 0 Å². The number of anilines is 1. The molecule has 1 heterocycles. The first-order valence-electron chi connectivity index (χ1n) is 6.32. The van der Waals surface area contributed by atoms with Gasteiger partial charge in [0.05, 0.1) is 6.04 Å². The molecule has 0 saturated heterocycles. The summed E-state index contributed by atoms with van der Waals surface area (Å²) < 4.78 is 2.11. The molecular weight excluding hydrogens is 234 g/mol. The Hall–Kier alpha value is -2.26. The van der Waals surface area contributed by atoms with Gasteiger partial charge in [-0.15, -0.1) is 0 Å². The van der Waals surface area contributed by atoms with Crippen LogP contribution >= 0.6 is 0 Å². The van der Waals surface area contributed by atoms with Crippen LogP contribution in [0.4, 0.5) is 5.69 Å². The number of rotatable bonds is 2. The van der Waals surface area contributed by atoms with Gasteiger partial charge >= 0.3 is 0 Å². The lowest BCUT2D eigenvalue weighted by atomic mass is 9.99. The van der Waals surface area contributed by atoms with Gasteiger partial charge in [-0.3, -0.25) is 0 Å². The Morgan fingerprint density at radius 1 is 1.05 bits per heavy atom. The number of nitrogens with two attached hydrogens (primary N) is 2. The fraction of sp³-hybridized carbons (Fsp3) is 0.125. The molecule has 1 aromatic heterocycles. The van der Waals surface area contributed by atoms with Gasteiger partial charge in [-0.2, -0.15) is 0 Å². The van der Waals surface area contributed by atoms with E-state index in [4.69, 9.17) is 11.5 Å². The van der Waals surface area contributed by atoms with Crippen molar-refractivity contribution in [3.05, 3.63) is 65.9 Å². The van der Waals surface area contributed by atoms with Crippen molar-refractivity contribution in [2.45, 2.75) is 6.04 Å². The number of benzene rings is 2. The number of hydrogen-bond acceptors (Lipinski definition) is 2. The second-order valence-corrected chi connectivity index (χ2v) is 4.86. The number of para-hydroxylation sites is 1.